The van der Waals surface area contributed by atoms with Gasteiger partial charge in [-0.2, -0.15) is 0 Å². The van der Waals surface area contributed by atoms with E-state index >= 15 is 0 Å². The van der Waals surface area contributed by atoms with Gasteiger partial charge in [0.15, 0.2) is 0 Å². The fourth-order valence-electron chi connectivity index (χ4n) is 7.70. The second-order valence-electron chi connectivity index (χ2n) is 15.3. The fraction of sp³-hybridized carbons (Fsp3) is 0.681. The zero-order valence-electron chi connectivity index (χ0n) is 32.6. The van der Waals surface area contributed by atoms with Crippen LogP contribution in [0, 0.1) is 0 Å². The maximum Gasteiger partial charge on any atom is 0.261 e. The summed E-state index contributed by atoms with van der Waals surface area (Å²) in [5, 5.41) is 0. The van der Waals surface area contributed by atoms with Crippen molar-refractivity contribution in [3.63, 3.8) is 0 Å². The van der Waals surface area contributed by atoms with Crippen molar-refractivity contribution in [3.8, 4) is 0 Å². The molecular formula is C47H77N2+. The molecule has 0 N–H and O–H groups in total. The Morgan fingerprint density at radius 1 is 0.510 bits per heavy atom. The van der Waals surface area contributed by atoms with Gasteiger partial charge in [-0.1, -0.05) is 210 Å². The normalized spacial score (nSPS) is 12.1. The molecule has 1 heterocycles. The number of aryl methyl sites for hydroxylation is 1. The van der Waals surface area contributed by atoms with Gasteiger partial charge in [0.1, 0.15) is 11.9 Å². The molecule has 2 aromatic carbocycles. The van der Waals surface area contributed by atoms with Gasteiger partial charge in [0.25, 0.3) is 5.82 Å². The van der Waals surface area contributed by atoms with E-state index in [1.165, 1.54) is 177 Å². The number of hydrogen-bond donors (Lipinski definition) is 0. The van der Waals surface area contributed by atoms with Gasteiger partial charge in [0.2, 0.25) is 0 Å². The Hall–Kier alpha value is -2.35. The molecule has 1 unspecified atom stereocenters. The van der Waals surface area contributed by atoms with Gasteiger partial charge in [-0.3, -0.25) is 0 Å². The Kier molecular flexibility index (Phi) is 23.0. The standard InChI is InChI=1S/C47H77N2/c1-4-6-8-10-12-14-16-18-20-22-24-32-38-48-42-46(40-43(3)45-36-30-27-31-37-45)49(47(48)41-44-34-28-26-29-35-44)39-33-25-23-21-19-17-15-13-11-9-7-5-2/h26-31,34-37,42-43H,4-25,32-33,38-41H2,1-3H3/q+1. The summed E-state index contributed by atoms with van der Waals surface area (Å²) in [5.74, 6) is 2.04. The van der Waals surface area contributed by atoms with Crippen LogP contribution in [0.5, 0.6) is 0 Å². The average molecular weight is 670 g/mol. The summed E-state index contributed by atoms with van der Waals surface area (Å²) in [6.07, 6.45) is 38.4. The number of benzene rings is 2. The van der Waals surface area contributed by atoms with Crippen molar-refractivity contribution in [1.29, 1.82) is 0 Å². The van der Waals surface area contributed by atoms with Crippen molar-refractivity contribution in [2.24, 2.45) is 0 Å². The molecule has 0 amide bonds. The number of nitrogens with zero attached hydrogens (tertiary/aromatic N) is 2. The third kappa shape index (κ3) is 17.9. The summed E-state index contributed by atoms with van der Waals surface area (Å²) in [6.45, 7) is 9.34. The molecule has 0 radical (unpaired) electrons. The topological polar surface area (TPSA) is 8.81 Å². The maximum absolute atomic E-state index is 2.75. The van der Waals surface area contributed by atoms with Crippen molar-refractivity contribution in [2.75, 3.05) is 0 Å². The monoisotopic (exact) mass is 670 g/mol. The quantitative estimate of drug-likeness (QED) is 0.0476. The molecule has 49 heavy (non-hydrogen) atoms. The summed E-state index contributed by atoms with van der Waals surface area (Å²) < 4.78 is 5.42. The fourth-order valence-corrected chi connectivity index (χ4v) is 7.70. The first-order chi connectivity index (χ1) is 24.2. The first-order valence-electron chi connectivity index (χ1n) is 21.4. The molecule has 3 rings (SSSR count). The van der Waals surface area contributed by atoms with Crippen molar-refractivity contribution in [1.82, 2.24) is 4.57 Å². The molecule has 0 bridgehead atoms. The summed E-state index contributed by atoms with van der Waals surface area (Å²) in [4.78, 5) is 0. The summed E-state index contributed by atoms with van der Waals surface area (Å²) >= 11 is 0. The number of hydrogen-bond acceptors (Lipinski definition) is 0. The van der Waals surface area contributed by atoms with Crippen molar-refractivity contribution in [2.45, 2.75) is 207 Å². The molecule has 0 spiro atoms. The van der Waals surface area contributed by atoms with Gasteiger partial charge in [0, 0.05) is 6.42 Å². The van der Waals surface area contributed by atoms with Crippen LogP contribution >= 0.6 is 0 Å². The third-order valence-corrected chi connectivity index (χ3v) is 10.9. The number of unbranched alkanes of at least 4 members (excludes halogenated alkanes) is 22. The van der Waals surface area contributed by atoms with E-state index in [2.05, 4.69) is 96.8 Å². The average Bonchev–Trinajstić information content (AvgIpc) is 3.44. The second-order valence-corrected chi connectivity index (χ2v) is 15.3. The van der Waals surface area contributed by atoms with E-state index in [-0.39, 0.29) is 0 Å². The van der Waals surface area contributed by atoms with E-state index in [1.54, 1.807) is 0 Å². The Morgan fingerprint density at radius 2 is 0.939 bits per heavy atom. The second kappa shape index (κ2) is 27.4. The third-order valence-electron chi connectivity index (χ3n) is 10.9. The zero-order chi connectivity index (χ0) is 34.6. The Morgan fingerprint density at radius 3 is 1.43 bits per heavy atom. The highest BCUT2D eigenvalue weighted by Crippen LogP contribution is 2.23. The summed E-state index contributed by atoms with van der Waals surface area (Å²) in [6, 6.07) is 22.4. The van der Waals surface area contributed by atoms with Crippen LogP contribution in [0.1, 0.15) is 203 Å². The van der Waals surface area contributed by atoms with E-state index < -0.39 is 0 Å². The molecule has 1 atom stereocenters. The minimum atomic E-state index is 0.515. The van der Waals surface area contributed by atoms with Crippen LogP contribution in [0.2, 0.25) is 0 Å². The van der Waals surface area contributed by atoms with Crippen LogP contribution in [-0.2, 0) is 25.9 Å². The smallest absolute Gasteiger partial charge is 0.234 e. The molecular weight excluding hydrogens is 593 g/mol. The molecule has 3 aromatic rings. The lowest BCUT2D eigenvalue weighted by atomic mass is 9.96. The predicted molar refractivity (Wildman–Crippen MR) is 215 cm³/mol. The number of aromatic nitrogens is 2. The highest BCUT2D eigenvalue weighted by Gasteiger charge is 2.25. The first kappa shape index (κ1) is 41.1. The molecule has 2 heteroatoms. The van der Waals surface area contributed by atoms with E-state index in [0.29, 0.717) is 5.92 Å². The maximum atomic E-state index is 2.75. The number of rotatable bonds is 31. The van der Waals surface area contributed by atoms with Crippen molar-refractivity contribution in [3.05, 3.63) is 89.5 Å². The van der Waals surface area contributed by atoms with Crippen LogP contribution in [0.3, 0.4) is 0 Å². The molecule has 0 aliphatic carbocycles. The van der Waals surface area contributed by atoms with Gasteiger partial charge < -0.3 is 0 Å². The molecule has 0 saturated carbocycles. The SMILES string of the molecule is CCCCCCCCCCCCCCn1c(CC(C)c2ccccc2)c[n+](CCCCCCCCCCCCCC)c1Cc1ccccc1. The Balaban J connectivity index is 1.57. The zero-order valence-corrected chi connectivity index (χ0v) is 32.6. The molecule has 2 nitrogen and oxygen atoms in total. The van der Waals surface area contributed by atoms with E-state index in [9.17, 15) is 0 Å². The largest absolute Gasteiger partial charge is 0.261 e. The number of imidazole rings is 1. The van der Waals surface area contributed by atoms with Gasteiger partial charge in [-0.25, -0.2) is 9.13 Å². The minimum absolute atomic E-state index is 0.515. The molecule has 1 aromatic heterocycles. The summed E-state index contributed by atoms with van der Waals surface area (Å²) in [7, 11) is 0. The molecule has 274 valence electrons. The lowest BCUT2D eigenvalue weighted by molar-refractivity contribution is -0.704. The molecule has 0 fully saturated rings. The van der Waals surface area contributed by atoms with Crippen LogP contribution in [0.25, 0.3) is 0 Å². The first-order valence-corrected chi connectivity index (χ1v) is 21.4. The van der Waals surface area contributed by atoms with E-state index in [1.807, 2.05) is 0 Å². The predicted octanol–water partition coefficient (Wildman–Crippen LogP) is 14.1. The Bertz CT molecular complexity index is 1160. The summed E-state index contributed by atoms with van der Waals surface area (Å²) in [5.41, 5.74) is 4.42. The van der Waals surface area contributed by atoms with E-state index in [0.717, 1.165) is 25.9 Å². The van der Waals surface area contributed by atoms with Crippen molar-refractivity contribution >= 4 is 0 Å². The van der Waals surface area contributed by atoms with Crippen LogP contribution < -0.4 is 4.57 Å². The Labute approximate surface area is 304 Å². The molecule has 0 aliphatic rings. The van der Waals surface area contributed by atoms with Gasteiger partial charge in [0.05, 0.1) is 19.5 Å². The highest BCUT2D eigenvalue weighted by atomic mass is 15.2. The van der Waals surface area contributed by atoms with Crippen LogP contribution in [-0.4, -0.2) is 4.57 Å². The van der Waals surface area contributed by atoms with Gasteiger partial charge in [-0.05, 0) is 42.7 Å². The molecule has 0 saturated heterocycles. The lowest BCUT2D eigenvalue weighted by Gasteiger charge is -2.12. The molecule has 0 aliphatic heterocycles. The van der Waals surface area contributed by atoms with Crippen molar-refractivity contribution < 1.29 is 4.57 Å². The van der Waals surface area contributed by atoms with E-state index in [4.69, 9.17) is 0 Å². The minimum Gasteiger partial charge on any atom is -0.234 e. The highest BCUT2D eigenvalue weighted by molar-refractivity contribution is 5.22. The van der Waals surface area contributed by atoms with Gasteiger partial charge >= 0.3 is 0 Å². The van der Waals surface area contributed by atoms with Crippen LogP contribution in [0.4, 0.5) is 0 Å². The van der Waals surface area contributed by atoms with Crippen LogP contribution in [0.15, 0.2) is 66.9 Å². The lowest BCUT2D eigenvalue weighted by Crippen LogP contribution is -2.37. The van der Waals surface area contributed by atoms with Gasteiger partial charge in [-0.15, -0.1) is 0 Å².